The molecule has 12 rings (SSSR count). The van der Waals surface area contributed by atoms with Crippen molar-refractivity contribution in [3.63, 3.8) is 0 Å². The van der Waals surface area contributed by atoms with Crippen molar-refractivity contribution in [1.29, 1.82) is 15.8 Å². The van der Waals surface area contributed by atoms with E-state index in [1.165, 1.54) is 0 Å². The Balaban J connectivity index is 1.24. The summed E-state index contributed by atoms with van der Waals surface area (Å²) in [6.45, 7) is 0. The molecule has 68 heavy (non-hydrogen) atoms. The van der Waals surface area contributed by atoms with Crippen LogP contribution in [0.4, 0.5) is 0 Å². The van der Waals surface area contributed by atoms with Crippen molar-refractivity contribution in [2.75, 3.05) is 0 Å². The van der Waals surface area contributed by atoms with Gasteiger partial charge >= 0.3 is 0 Å². The number of nitriles is 3. The van der Waals surface area contributed by atoms with Crippen molar-refractivity contribution in [3.05, 3.63) is 223 Å². The monoisotopic (exact) mass is 866 g/mol. The molecule has 0 unspecified atom stereocenters. The lowest BCUT2D eigenvalue weighted by Crippen LogP contribution is -2.08. The van der Waals surface area contributed by atoms with Gasteiger partial charge in [0, 0.05) is 32.7 Å². The average molecular weight is 867 g/mol. The SMILES string of the molecule is N#Cc1ccc(-c2ccc3c4ccccc4n(-c4cc(C#N)cc(-n5c6ccccc6c6ccc(-c7ccc(C#N)cc7)cc65)c4-c4nc(-c5ccccc5)nc(-c5ccccc5)n4)c3c2)cc1. The van der Waals surface area contributed by atoms with E-state index in [0.29, 0.717) is 51.1 Å². The summed E-state index contributed by atoms with van der Waals surface area (Å²) < 4.78 is 4.48. The summed E-state index contributed by atoms with van der Waals surface area (Å²) >= 11 is 0. The number of benzene rings is 9. The van der Waals surface area contributed by atoms with Crippen LogP contribution in [0.15, 0.2) is 206 Å². The number of rotatable bonds is 7. The van der Waals surface area contributed by atoms with Crippen LogP contribution >= 0.6 is 0 Å². The predicted molar refractivity (Wildman–Crippen MR) is 270 cm³/mol. The number of para-hydroxylation sites is 2. The molecule has 0 fully saturated rings. The molecule has 0 aliphatic rings. The largest absolute Gasteiger partial charge is 0.308 e. The highest BCUT2D eigenvalue weighted by atomic mass is 15.1. The molecule has 3 aromatic heterocycles. The fourth-order valence-electron chi connectivity index (χ4n) is 9.47. The third kappa shape index (κ3) is 6.63. The number of fused-ring (bicyclic) bond motifs is 6. The highest BCUT2D eigenvalue weighted by molar-refractivity contribution is 6.13. The first-order valence-corrected chi connectivity index (χ1v) is 22.1. The van der Waals surface area contributed by atoms with E-state index in [-0.39, 0.29) is 0 Å². The van der Waals surface area contributed by atoms with Gasteiger partial charge in [0.25, 0.3) is 0 Å². The molecule has 314 valence electrons. The van der Waals surface area contributed by atoms with Gasteiger partial charge in [0.2, 0.25) is 0 Å². The van der Waals surface area contributed by atoms with E-state index < -0.39 is 0 Å². The zero-order chi connectivity index (χ0) is 45.7. The van der Waals surface area contributed by atoms with E-state index in [1.54, 1.807) is 0 Å². The van der Waals surface area contributed by atoms with Gasteiger partial charge in [-0.05, 0) is 82.9 Å². The van der Waals surface area contributed by atoms with Crippen molar-refractivity contribution in [2.45, 2.75) is 0 Å². The molecule has 0 saturated heterocycles. The standard InChI is InChI=1S/C60H34N8/c61-35-38-19-23-41(24-20-38)45-27-29-49-47-15-7-9-17-51(47)67(53(49)33-45)55-31-40(37-63)32-56(57(55)60-65-58(43-11-3-1-4-12-43)64-59(66-60)44-13-5-2-6-14-44)68-52-18-10-8-16-48(52)50-30-28-46(34-54(50)68)42-25-21-39(36-62)22-26-42/h1-34H. The zero-order valence-corrected chi connectivity index (χ0v) is 36.2. The molecule has 9 aromatic carbocycles. The van der Waals surface area contributed by atoms with Crippen molar-refractivity contribution >= 4 is 43.6 Å². The molecule has 0 aliphatic carbocycles. The van der Waals surface area contributed by atoms with Gasteiger partial charge in [0.05, 0.1) is 73.9 Å². The zero-order valence-electron chi connectivity index (χ0n) is 36.2. The summed E-state index contributed by atoms with van der Waals surface area (Å²) in [4.78, 5) is 15.9. The van der Waals surface area contributed by atoms with Gasteiger partial charge in [-0.2, -0.15) is 15.8 Å². The molecule has 0 N–H and O–H groups in total. The second-order valence-corrected chi connectivity index (χ2v) is 16.6. The van der Waals surface area contributed by atoms with E-state index in [9.17, 15) is 15.8 Å². The molecule has 8 heteroatoms. The number of hydrogen-bond acceptors (Lipinski definition) is 6. The third-order valence-corrected chi connectivity index (χ3v) is 12.7. The summed E-state index contributed by atoms with van der Waals surface area (Å²) in [5.41, 5.74) is 13.0. The normalized spacial score (nSPS) is 11.2. The lowest BCUT2D eigenvalue weighted by Gasteiger charge is -2.21. The fraction of sp³-hybridized carbons (Fsp3) is 0. The summed E-state index contributed by atoms with van der Waals surface area (Å²) in [5.74, 6) is 1.44. The maximum absolute atomic E-state index is 11.1. The third-order valence-electron chi connectivity index (χ3n) is 12.7. The quantitative estimate of drug-likeness (QED) is 0.157. The van der Waals surface area contributed by atoms with Crippen LogP contribution < -0.4 is 0 Å². The van der Waals surface area contributed by atoms with Gasteiger partial charge < -0.3 is 9.13 Å². The fourth-order valence-corrected chi connectivity index (χ4v) is 9.47. The first kappa shape index (κ1) is 39.6. The molecule has 8 nitrogen and oxygen atoms in total. The molecular formula is C60H34N8. The average Bonchev–Trinajstić information content (AvgIpc) is 3.93. The van der Waals surface area contributed by atoms with E-state index in [2.05, 4.69) is 88.0 Å². The maximum Gasteiger partial charge on any atom is 0.168 e. The highest BCUT2D eigenvalue weighted by Crippen LogP contribution is 2.44. The maximum atomic E-state index is 11.1. The van der Waals surface area contributed by atoms with E-state index in [1.807, 2.05) is 146 Å². The summed E-state index contributed by atoms with van der Waals surface area (Å²) in [6, 6.07) is 75.6. The van der Waals surface area contributed by atoms with Crippen LogP contribution in [0.2, 0.25) is 0 Å². The molecule has 12 aromatic rings. The highest BCUT2D eigenvalue weighted by Gasteiger charge is 2.26. The summed E-state index contributed by atoms with van der Waals surface area (Å²) in [5, 5.41) is 34.4. The van der Waals surface area contributed by atoms with Crippen LogP contribution in [-0.4, -0.2) is 24.1 Å². The Kier molecular flexibility index (Phi) is 9.47. The predicted octanol–water partition coefficient (Wildman–Crippen LogP) is 14.0. The van der Waals surface area contributed by atoms with Gasteiger partial charge in [0.15, 0.2) is 17.5 Å². The van der Waals surface area contributed by atoms with E-state index in [0.717, 1.165) is 77.0 Å². The van der Waals surface area contributed by atoms with Crippen LogP contribution in [-0.2, 0) is 0 Å². The minimum atomic E-state index is 0.426. The van der Waals surface area contributed by atoms with E-state index in [4.69, 9.17) is 15.0 Å². The van der Waals surface area contributed by atoms with Crippen molar-refractivity contribution in [3.8, 4) is 86.0 Å². The first-order valence-electron chi connectivity index (χ1n) is 22.1. The Hall–Kier alpha value is -9.94. The molecule has 0 aliphatic heterocycles. The summed E-state index contributed by atoms with van der Waals surface area (Å²) in [7, 11) is 0. The summed E-state index contributed by atoms with van der Waals surface area (Å²) in [6.07, 6.45) is 0. The van der Waals surface area contributed by atoms with Gasteiger partial charge in [-0.15, -0.1) is 0 Å². The molecule has 0 atom stereocenters. The number of nitrogens with zero attached hydrogens (tertiary/aromatic N) is 8. The lowest BCUT2D eigenvalue weighted by atomic mass is 10.0. The van der Waals surface area contributed by atoms with Crippen LogP contribution in [0.25, 0.3) is 111 Å². The molecule has 0 spiro atoms. The molecular weight excluding hydrogens is 833 g/mol. The Morgan fingerprint density at radius 3 is 1.09 bits per heavy atom. The van der Waals surface area contributed by atoms with Gasteiger partial charge in [-0.3, -0.25) is 0 Å². The number of aromatic nitrogens is 5. The molecule has 0 radical (unpaired) electrons. The van der Waals surface area contributed by atoms with Gasteiger partial charge in [-0.25, -0.2) is 15.0 Å². The Labute approximate surface area is 390 Å². The second-order valence-electron chi connectivity index (χ2n) is 16.6. The molecule has 0 saturated carbocycles. The Bertz CT molecular complexity index is 3840. The van der Waals surface area contributed by atoms with Crippen LogP contribution in [0.5, 0.6) is 0 Å². The second kappa shape index (κ2) is 16.2. The molecule has 0 bridgehead atoms. The Morgan fingerprint density at radius 1 is 0.294 bits per heavy atom. The van der Waals surface area contributed by atoms with Crippen LogP contribution in [0, 0.1) is 34.0 Å². The first-order chi connectivity index (χ1) is 33.6. The van der Waals surface area contributed by atoms with Gasteiger partial charge in [-0.1, -0.05) is 146 Å². The van der Waals surface area contributed by atoms with Crippen molar-refractivity contribution in [2.24, 2.45) is 0 Å². The topological polar surface area (TPSA) is 120 Å². The number of hydrogen-bond donors (Lipinski definition) is 0. The van der Waals surface area contributed by atoms with Gasteiger partial charge in [0.1, 0.15) is 0 Å². The van der Waals surface area contributed by atoms with Crippen LogP contribution in [0.1, 0.15) is 16.7 Å². The molecule has 3 heterocycles. The molecule has 0 amide bonds. The lowest BCUT2D eigenvalue weighted by molar-refractivity contribution is 1.05. The Morgan fingerprint density at radius 2 is 0.662 bits per heavy atom. The van der Waals surface area contributed by atoms with Crippen LogP contribution in [0.3, 0.4) is 0 Å². The van der Waals surface area contributed by atoms with Crippen molar-refractivity contribution in [1.82, 2.24) is 24.1 Å². The van der Waals surface area contributed by atoms with Crippen molar-refractivity contribution < 1.29 is 0 Å². The smallest absolute Gasteiger partial charge is 0.168 e. The minimum absolute atomic E-state index is 0.426. The van der Waals surface area contributed by atoms with E-state index >= 15 is 0 Å². The minimum Gasteiger partial charge on any atom is -0.308 e.